The maximum absolute atomic E-state index is 12.9. The Morgan fingerprint density at radius 3 is 2.69 bits per heavy atom. The standard InChI is InChI=1S/C23H33NO7.ClH/c1-14-13-17(25)18-19(16-7-11-28-20(16)22(27-3)21(18)30-14)31-15(2)23(26)29-12-10-24-8-5-4-6-9-24;/h7,11,13,15-16,18-22H,4-6,8-10,12H2,1-3H3;1H. The lowest BCUT2D eigenvalue weighted by atomic mass is 9.71. The second-order valence-electron chi connectivity index (χ2n) is 8.79. The molecule has 7 atom stereocenters. The van der Waals surface area contributed by atoms with Gasteiger partial charge in [0.2, 0.25) is 0 Å². The van der Waals surface area contributed by atoms with Gasteiger partial charge in [-0.3, -0.25) is 9.69 Å². The molecule has 0 bridgehead atoms. The summed E-state index contributed by atoms with van der Waals surface area (Å²) < 4.78 is 29.1. The molecule has 1 saturated carbocycles. The van der Waals surface area contributed by atoms with E-state index in [1.165, 1.54) is 25.3 Å². The Balaban J connectivity index is 0.00000289. The molecule has 180 valence electrons. The van der Waals surface area contributed by atoms with Gasteiger partial charge in [0.1, 0.15) is 24.9 Å². The van der Waals surface area contributed by atoms with Gasteiger partial charge in [-0.15, -0.1) is 12.4 Å². The van der Waals surface area contributed by atoms with Crippen molar-refractivity contribution < 1.29 is 33.3 Å². The number of hydrogen-bond donors (Lipinski definition) is 0. The largest absolute Gasteiger partial charge is 0.495 e. The van der Waals surface area contributed by atoms with Crippen LogP contribution in [0.1, 0.15) is 33.1 Å². The van der Waals surface area contributed by atoms with E-state index in [9.17, 15) is 9.59 Å². The smallest absolute Gasteiger partial charge is 0.335 e. The number of likely N-dealkylation sites (tertiary alicyclic amines) is 1. The first-order valence-electron chi connectivity index (χ1n) is 11.3. The molecule has 2 fully saturated rings. The minimum absolute atomic E-state index is 0. The lowest BCUT2D eigenvalue weighted by molar-refractivity contribution is -0.208. The predicted molar refractivity (Wildman–Crippen MR) is 118 cm³/mol. The molecule has 32 heavy (non-hydrogen) atoms. The summed E-state index contributed by atoms with van der Waals surface area (Å²) in [6, 6.07) is 0. The first kappa shape index (κ1) is 25.0. The number of piperidine rings is 1. The second kappa shape index (κ2) is 11.0. The fraction of sp³-hybridized carbons (Fsp3) is 0.739. The van der Waals surface area contributed by atoms with Crippen LogP contribution < -0.4 is 0 Å². The van der Waals surface area contributed by atoms with Crippen molar-refractivity contribution in [2.45, 2.75) is 63.6 Å². The van der Waals surface area contributed by atoms with Crippen LogP contribution in [0.15, 0.2) is 24.2 Å². The van der Waals surface area contributed by atoms with Crippen LogP contribution in [0.25, 0.3) is 0 Å². The van der Waals surface area contributed by atoms with Gasteiger partial charge in [-0.2, -0.15) is 0 Å². The third kappa shape index (κ3) is 5.14. The number of halogens is 1. The Bertz CT molecular complexity index is 736. The van der Waals surface area contributed by atoms with E-state index in [0.717, 1.165) is 19.6 Å². The number of esters is 1. The van der Waals surface area contributed by atoms with Gasteiger partial charge in [0.25, 0.3) is 0 Å². The highest BCUT2D eigenvalue weighted by Gasteiger charge is 2.58. The minimum atomic E-state index is -0.805. The molecule has 9 heteroatoms. The van der Waals surface area contributed by atoms with Crippen LogP contribution in [-0.2, 0) is 33.3 Å². The molecular weight excluding hydrogens is 438 g/mol. The molecule has 0 N–H and O–H groups in total. The number of carbonyl (C=O) groups excluding carboxylic acids is 2. The van der Waals surface area contributed by atoms with Crippen molar-refractivity contribution in [3.63, 3.8) is 0 Å². The third-order valence-electron chi connectivity index (χ3n) is 6.71. The minimum Gasteiger partial charge on any atom is -0.495 e. The number of allylic oxidation sites excluding steroid dienone is 2. The maximum atomic E-state index is 12.9. The van der Waals surface area contributed by atoms with Crippen molar-refractivity contribution in [1.82, 2.24) is 4.90 Å². The van der Waals surface area contributed by atoms with Crippen LogP contribution in [0.4, 0.5) is 0 Å². The number of ketones is 1. The van der Waals surface area contributed by atoms with Gasteiger partial charge in [-0.05, 0) is 45.9 Å². The third-order valence-corrected chi connectivity index (χ3v) is 6.71. The number of hydrogen-bond acceptors (Lipinski definition) is 8. The average Bonchev–Trinajstić information content (AvgIpc) is 3.23. The second-order valence-corrected chi connectivity index (χ2v) is 8.79. The quantitative estimate of drug-likeness (QED) is 0.523. The summed E-state index contributed by atoms with van der Waals surface area (Å²) in [7, 11) is 1.59. The van der Waals surface area contributed by atoms with Crippen molar-refractivity contribution in [2.24, 2.45) is 11.8 Å². The Labute approximate surface area is 195 Å². The van der Waals surface area contributed by atoms with E-state index in [4.69, 9.17) is 23.7 Å². The zero-order valence-electron chi connectivity index (χ0n) is 18.9. The first-order chi connectivity index (χ1) is 15.0. The number of ether oxygens (including phenoxy) is 5. The Hall–Kier alpha value is -1.61. The van der Waals surface area contributed by atoms with E-state index in [2.05, 4.69) is 4.90 Å². The molecule has 0 aromatic carbocycles. The van der Waals surface area contributed by atoms with Crippen LogP contribution in [0, 0.1) is 11.8 Å². The van der Waals surface area contributed by atoms with Crippen molar-refractivity contribution in [2.75, 3.05) is 33.4 Å². The van der Waals surface area contributed by atoms with Crippen molar-refractivity contribution in [3.05, 3.63) is 24.2 Å². The van der Waals surface area contributed by atoms with Crippen molar-refractivity contribution in [1.29, 1.82) is 0 Å². The van der Waals surface area contributed by atoms with E-state index < -0.39 is 36.3 Å². The number of rotatable bonds is 7. The van der Waals surface area contributed by atoms with E-state index in [0.29, 0.717) is 12.4 Å². The lowest BCUT2D eigenvalue weighted by Gasteiger charge is -2.48. The molecule has 0 aromatic rings. The summed E-state index contributed by atoms with van der Waals surface area (Å²) in [6.07, 6.45) is 5.99. The molecule has 1 saturated heterocycles. The fourth-order valence-corrected chi connectivity index (χ4v) is 5.16. The van der Waals surface area contributed by atoms with Gasteiger partial charge in [-0.1, -0.05) is 6.42 Å². The molecule has 0 radical (unpaired) electrons. The Morgan fingerprint density at radius 2 is 1.97 bits per heavy atom. The molecule has 4 rings (SSSR count). The molecule has 1 aliphatic carbocycles. The maximum Gasteiger partial charge on any atom is 0.335 e. The SMILES string of the molecule is COC1C2OC=CC2C(OC(C)C(=O)OCCN2CCCCC2)C2C(=O)C=C(C)OC12.Cl. The first-order valence-corrected chi connectivity index (χ1v) is 11.3. The molecule has 7 unspecified atom stereocenters. The van der Waals surface area contributed by atoms with Gasteiger partial charge in [0, 0.05) is 25.6 Å². The molecule has 0 aromatic heterocycles. The molecule has 0 amide bonds. The van der Waals surface area contributed by atoms with Gasteiger partial charge < -0.3 is 23.7 Å². The number of nitrogens with zero attached hydrogens (tertiary/aromatic N) is 1. The van der Waals surface area contributed by atoms with E-state index >= 15 is 0 Å². The zero-order valence-corrected chi connectivity index (χ0v) is 19.8. The van der Waals surface area contributed by atoms with Crippen molar-refractivity contribution >= 4 is 24.2 Å². The highest BCUT2D eigenvalue weighted by Crippen LogP contribution is 2.43. The molecule has 8 nitrogen and oxygen atoms in total. The molecule has 4 aliphatic rings. The fourth-order valence-electron chi connectivity index (χ4n) is 5.16. The summed E-state index contributed by atoms with van der Waals surface area (Å²) in [6.45, 7) is 6.61. The van der Waals surface area contributed by atoms with Crippen LogP contribution in [-0.4, -0.2) is 80.5 Å². The van der Waals surface area contributed by atoms with Crippen LogP contribution >= 0.6 is 12.4 Å². The number of fused-ring (bicyclic) bond motifs is 2. The van der Waals surface area contributed by atoms with E-state index in [-0.39, 0.29) is 30.2 Å². The summed E-state index contributed by atoms with van der Waals surface area (Å²) >= 11 is 0. The summed E-state index contributed by atoms with van der Waals surface area (Å²) in [5, 5.41) is 0. The summed E-state index contributed by atoms with van der Waals surface area (Å²) in [4.78, 5) is 27.8. The van der Waals surface area contributed by atoms with Crippen LogP contribution in [0.3, 0.4) is 0 Å². The topological polar surface area (TPSA) is 83.5 Å². The Morgan fingerprint density at radius 1 is 1.22 bits per heavy atom. The molecule has 3 aliphatic heterocycles. The van der Waals surface area contributed by atoms with Gasteiger partial charge in [0.15, 0.2) is 11.9 Å². The van der Waals surface area contributed by atoms with Crippen LogP contribution in [0.2, 0.25) is 0 Å². The average molecular weight is 472 g/mol. The molecular formula is C23H34ClNO7. The van der Waals surface area contributed by atoms with E-state index in [1.807, 2.05) is 6.08 Å². The zero-order chi connectivity index (χ0) is 22.0. The van der Waals surface area contributed by atoms with Gasteiger partial charge >= 0.3 is 5.97 Å². The van der Waals surface area contributed by atoms with Crippen LogP contribution in [0.5, 0.6) is 0 Å². The van der Waals surface area contributed by atoms with Gasteiger partial charge in [0.05, 0.1) is 24.0 Å². The normalized spacial score (nSPS) is 34.8. The Kier molecular flexibility index (Phi) is 8.61. The molecule has 0 spiro atoms. The lowest BCUT2D eigenvalue weighted by Crippen LogP contribution is -2.62. The number of methoxy groups -OCH3 is 1. The highest BCUT2D eigenvalue weighted by atomic mass is 35.5. The highest BCUT2D eigenvalue weighted by molar-refractivity contribution is 5.94. The van der Waals surface area contributed by atoms with Gasteiger partial charge in [-0.25, -0.2) is 4.79 Å². The molecule has 3 heterocycles. The summed E-state index contributed by atoms with van der Waals surface area (Å²) in [5.74, 6) is -0.747. The predicted octanol–water partition coefficient (Wildman–Crippen LogP) is 2.26. The monoisotopic (exact) mass is 471 g/mol. The number of carbonyl (C=O) groups is 2. The van der Waals surface area contributed by atoms with Crippen molar-refractivity contribution in [3.8, 4) is 0 Å². The summed E-state index contributed by atoms with van der Waals surface area (Å²) in [5.41, 5.74) is 0. The van der Waals surface area contributed by atoms with E-state index in [1.54, 1.807) is 27.2 Å².